The van der Waals surface area contributed by atoms with Gasteiger partial charge < -0.3 is 9.64 Å². The van der Waals surface area contributed by atoms with Crippen molar-refractivity contribution in [1.82, 2.24) is 14.3 Å². The molecule has 2 fully saturated rings. The average molecular weight is 298 g/mol. The molecule has 0 amide bonds. The van der Waals surface area contributed by atoms with Gasteiger partial charge in [-0.05, 0) is 12.8 Å². The lowest BCUT2D eigenvalue weighted by Gasteiger charge is -2.25. The second-order valence-electron chi connectivity index (χ2n) is 5.20. The van der Waals surface area contributed by atoms with Crippen LogP contribution >= 0.6 is 0 Å². The predicted molar refractivity (Wildman–Crippen MR) is 74.3 cm³/mol. The third-order valence-electron chi connectivity index (χ3n) is 4.08. The maximum atomic E-state index is 11.8. The summed E-state index contributed by atoms with van der Waals surface area (Å²) < 4.78 is 30.3. The molecule has 0 unspecified atom stereocenters. The van der Waals surface area contributed by atoms with Gasteiger partial charge in [0.2, 0.25) is 15.9 Å². The Morgan fingerprint density at radius 1 is 1.25 bits per heavy atom. The Kier molecular flexibility index (Phi) is 3.29. The number of ether oxygens (including phenoxy) is 1. The van der Waals surface area contributed by atoms with Crippen molar-refractivity contribution >= 4 is 15.8 Å². The maximum absolute atomic E-state index is 11.8. The zero-order chi connectivity index (χ0) is 14.3. The van der Waals surface area contributed by atoms with Crippen LogP contribution in [0, 0.1) is 0 Å². The minimum atomic E-state index is -3.13. The molecule has 2 aliphatic heterocycles. The topological polar surface area (TPSA) is 75.6 Å². The van der Waals surface area contributed by atoms with Crippen molar-refractivity contribution in [2.45, 2.75) is 24.9 Å². The van der Waals surface area contributed by atoms with Crippen LogP contribution in [0.15, 0.2) is 12.4 Å². The number of aromatic nitrogens is 2. The second kappa shape index (κ2) is 4.85. The lowest BCUT2D eigenvalue weighted by atomic mass is 10.1. The van der Waals surface area contributed by atoms with E-state index in [0.717, 1.165) is 25.2 Å². The van der Waals surface area contributed by atoms with E-state index in [0.29, 0.717) is 12.4 Å². The summed E-state index contributed by atoms with van der Waals surface area (Å²) in [7, 11) is -1.56. The van der Waals surface area contributed by atoms with Crippen LogP contribution < -0.4 is 9.64 Å². The Labute approximate surface area is 118 Å². The van der Waals surface area contributed by atoms with Gasteiger partial charge in [0.25, 0.3) is 0 Å². The summed E-state index contributed by atoms with van der Waals surface area (Å²) in [5.41, 5.74) is 0. The molecule has 3 heterocycles. The van der Waals surface area contributed by atoms with E-state index in [2.05, 4.69) is 14.9 Å². The van der Waals surface area contributed by atoms with Crippen LogP contribution in [0.5, 0.6) is 5.88 Å². The van der Waals surface area contributed by atoms with Gasteiger partial charge in [-0.3, -0.25) is 0 Å². The van der Waals surface area contributed by atoms with Gasteiger partial charge >= 0.3 is 0 Å². The molecule has 8 heteroatoms. The van der Waals surface area contributed by atoms with Crippen molar-refractivity contribution in [3.8, 4) is 5.88 Å². The van der Waals surface area contributed by atoms with Crippen LogP contribution in [0.2, 0.25) is 0 Å². The summed E-state index contributed by atoms with van der Waals surface area (Å²) in [4.78, 5) is 10.5. The van der Waals surface area contributed by atoms with Gasteiger partial charge in [0.1, 0.15) is 12.1 Å². The third-order valence-corrected chi connectivity index (χ3v) is 5.39. The number of nitrogens with zero attached hydrogens (tertiary/aromatic N) is 4. The van der Waals surface area contributed by atoms with Gasteiger partial charge in [0.15, 0.2) is 0 Å². The van der Waals surface area contributed by atoms with Crippen LogP contribution in [0.25, 0.3) is 0 Å². The molecule has 2 saturated heterocycles. The van der Waals surface area contributed by atoms with Crippen LogP contribution in [0.1, 0.15) is 12.8 Å². The molecule has 0 aromatic carbocycles. The van der Waals surface area contributed by atoms with Gasteiger partial charge in [0, 0.05) is 31.2 Å². The molecule has 1 aromatic heterocycles. The number of rotatable bonds is 3. The lowest BCUT2D eigenvalue weighted by Crippen LogP contribution is -2.39. The van der Waals surface area contributed by atoms with Gasteiger partial charge in [0.05, 0.1) is 13.4 Å². The van der Waals surface area contributed by atoms with Gasteiger partial charge in [-0.25, -0.2) is 18.4 Å². The Morgan fingerprint density at radius 2 is 2.00 bits per heavy atom. The SMILES string of the molecule is COc1cc(N2CC[C@@H]3[C@@H]2CCN3S(C)(=O)=O)ncn1. The highest BCUT2D eigenvalue weighted by Gasteiger charge is 2.46. The molecule has 2 aliphatic rings. The number of anilines is 1. The van der Waals surface area contributed by atoms with Crippen molar-refractivity contribution in [3.05, 3.63) is 12.4 Å². The fraction of sp³-hybridized carbons (Fsp3) is 0.667. The summed E-state index contributed by atoms with van der Waals surface area (Å²) in [6.45, 7) is 1.40. The molecular weight excluding hydrogens is 280 g/mol. The quantitative estimate of drug-likeness (QED) is 0.788. The minimum absolute atomic E-state index is 0.0611. The third kappa shape index (κ3) is 2.22. The lowest BCUT2D eigenvalue weighted by molar-refractivity contribution is 0.390. The Morgan fingerprint density at radius 3 is 2.70 bits per heavy atom. The summed E-state index contributed by atoms with van der Waals surface area (Å²) in [6.07, 6.45) is 4.44. The smallest absolute Gasteiger partial charge is 0.218 e. The standard InChI is InChI=1S/C12H18N4O3S/c1-19-12-7-11(13-8-14-12)15-5-3-10-9(15)4-6-16(10)20(2,17)18/h7-10H,3-6H2,1-2H3/t9-,10+/m0/s1. The van der Waals surface area contributed by atoms with Crippen molar-refractivity contribution in [3.63, 3.8) is 0 Å². The Balaban J connectivity index is 1.85. The zero-order valence-corrected chi connectivity index (χ0v) is 12.4. The first kappa shape index (κ1) is 13.6. The van der Waals surface area contributed by atoms with E-state index in [4.69, 9.17) is 4.74 Å². The van der Waals surface area contributed by atoms with Gasteiger partial charge in [-0.15, -0.1) is 0 Å². The summed E-state index contributed by atoms with van der Waals surface area (Å²) in [6, 6.07) is 2.06. The fourth-order valence-corrected chi connectivity index (χ4v) is 4.42. The van der Waals surface area contributed by atoms with Crippen LogP contribution in [0.3, 0.4) is 0 Å². The molecule has 0 bridgehead atoms. The first-order chi connectivity index (χ1) is 9.50. The molecule has 1 aromatic rings. The molecule has 3 rings (SSSR count). The van der Waals surface area contributed by atoms with E-state index in [1.54, 1.807) is 17.5 Å². The normalized spacial score (nSPS) is 26.8. The molecule has 0 aliphatic carbocycles. The number of fused-ring (bicyclic) bond motifs is 1. The van der Waals surface area contributed by atoms with E-state index < -0.39 is 10.0 Å². The van der Waals surface area contributed by atoms with Gasteiger partial charge in [-0.1, -0.05) is 0 Å². The Hall–Kier alpha value is -1.41. The number of hydrogen-bond donors (Lipinski definition) is 0. The molecule has 0 saturated carbocycles. The highest BCUT2D eigenvalue weighted by molar-refractivity contribution is 7.88. The van der Waals surface area contributed by atoms with E-state index in [9.17, 15) is 8.42 Å². The maximum Gasteiger partial charge on any atom is 0.218 e. The zero-order valence-electron chi connectivity index (χ0n) is 11.6. The minimum Gasteiger partial charge on any atom is -0.481 e. The predicted octanol–water partition coefficient (Wildman–Crippen LogP) is 0.0978. The Bertz CT molecular complexity index is 606. The first-order valence-electron chi connectivity index (χ1n) is 6.60. The fourth-order valence-electron chi connectivity index (χ4n) is 3.24. The molecule has 110 valence electrons. The van der Waals surface area contributed by atoms with E-state index >= 15 is 0 Å². The molecule has 7 nitrogen and oxygen atoms in total. The summed E-state index contributed by atoms with van der Waals surface area (Å²) in [5.74, 6) is 1.33. The molecular formula is C12H18N4O3S. The van der Waals surface area contributed by atoms with Crippen LogP contribution in [-0.4, -0.2) is 61.2 Å². The number of hydrogen-bond acceptors (Lipinski definition) is 6. The second-order valence-corrected chi connectivity index (χ2v) is 7.13. The van der Waals surface area contributed by atoms with Crippen molar-refractivity contribution in [1.29, 1.82) is 0 Å². The summed E-state index contributed by atoms with van der Waals surface area (Å²) in [5, 5.41) is 0. The number of methoxy groups -OCH3 is 1. The van der Waals surface area contributed by atoms with E-state index in [1.807, 2.05) is 0 Å². The molecule has 0 N–H and O–H groups in total. The molecule has 2 atom stereocenters. The largest absolute Gasteiger partial charge is 0.481 e. The van der Waals surface area contributed by atoms with E-state index in [1.165, 1.54) is 12.6 Å². The van der Waals surface area contributed by atoms with Crippen molar-refractivity contribution < 1.29 is 13.2 Å². The van der Waals surface area contributed by atoms with Crippen molar-refractivity contribution in [2.24, 2.45) is 0 Å². The van der Waals surface area contributed by atoms with Gasteiger partial charge in [-0.2, -0.15) is 4.31 Å². The highest BCUT2D eigenvalue weighted by atomic mass is 32.2. The van der Waals surface area contributed by atoms with E-state index in [-0.39, 0.29) is 12.1 Å². The van der Waals surface area contributed by atoms with Crippen LogP contribution in [-0.2, 0) is 10.0 Å². The summed E-state index contributed by atoms with van der Waals surface area (Å²) >= 11 is 0. The number of sulfonamides is 1. The first-order valence-corrected chi connectivity index (χ1v) is 8.45. The van der Waals surface area contributed by atoms with Crippen LogP contribution in [0.4, 0.5) is 5.82 Å². The molecule has 20 heavy (non-hydrogen) atoms. The molecule has 0 radical (unpaired) electrons. The van der Waals surface area contributed by atoms with Crippen molar-refractivity contribution in [2.75, 3.05) is 31.4 Å². The molecule has 0 spiro atoms. The highest BCUT2D eigenvalue weighted by Crippen LogP contribution is 2.35. The monoisotopic (exact) mass is 298 g/mol. The average Bonchev–Trinajstić information content (AvgIpc) is 2.98.